The molecule has 0 saturated heterocycles. The summed E-state index contributed by atoms with van der Waals surface area (Å²) in [5.41, 5.74) is 2.46. The molecular formula is C15H9N3OS. The summed E-state index contributed by atoms with van der Waals surface area (Å²) in [5, 5.41) is 9.19. The normalized spacial score (nSPS) is 11.2. The maximum Gasteiger partial charge on any atom is 0.223 e. The highest BCUT2D eigenvalue weighted by atomic mass is 32.1. The van der Waals surface area contributed by atoms with Crippen LogP contribution >= 0.6 is 12.2 Å². The van der Waals surface area contributed by atoms with E-state index in [1.54, 1.807) is 10.7 Å². The maximum absolute atomic E-state index is 5.89. The monoisotopic (exact) mass is 279 g/mol. The van der Waals surface area contributed by atoms with Gasteiger partial charge in [0.15, 0.2) is 0 Å². The number of nitrogens with zero attached hydrogens (tertiary/aromatic N) is 3. The summed E-state index contributed by atoms with van der Waals surface area (Å²) in [5.74, 6) is 0.572. The quantitative estimate of drug-likeness (QED) is 0.496. The van der Waals surface area contributed by atoms with Gasteiger partial charge in [-0.15, -0.1) is 5.10 Å². The molecule has 0 radical (unpaired) electrons. The van der Waals surface area contributed by atoms with Gasteiger partial charge in [0.25, 0.3) is 0 Å². The zero-order chi connectivity index (χ0) is 13.5. The lowest BCUT2D eigenvalue weighted by Gasteiger charge is -2.03. The first-order valence-electron chi connectivity index (χ1n) is 6.17. The molecule has 2 aromatic heterocycles. The second-order valence-corrected chi connectivity index (χ2v) is 4.87. The average molecular weight is 279 g/mol. The summed E-state index contributed by atoms with van der Waals surface area (Å²) in [7, 11) is 0. The van der Waals surface area contributed by atoms with Gasteiger partial charge in [0.1, 0.15) is 11.1 Å². The van der Waals surface area contributed by atoms with Crippen LogP contribution in [0.1, 0.15) is 0 Å². The standard InChI is InChI=1S/C15H9N3OS/c20-14-9-15(19-13-8-4-1-5-10(13)14)18-12-7-3-2-6-11(12)16-17-18/h1-9H. The van der Waals surface area contributed by atoms with E-state index in [0.717, 1.165) is 26.5 Å². The van der Waals surface area contributed by atoms with Crippen LogP contribution in [0.2, 0.25) is 0 Å². The molecular weight excluding hydrogens is 270 g/mol. The molecule has 4 aromatic rings. The van der Waals surface area contributed by atoms with Crippen molar-refractivity contribution in [3.05, 3.63) is 59.1 Å². The molecule has 0 fully saturated rings. The maximum atomic E-state index is 5.89. The summed E-state index contributed by atoms with van der Waals surface area (Å²) < 4.78 is 8.29. The van der Waals surface area contributed by atoms with Crippen molar-refractivity contribution < 1.29 is 4.42 Å². The van der Waals surface area contributed by atoms with Crippen LogP contribution in [0.15, 0.2) is 59.0 Å². The summed E-state index contributed by atoms with van der Waals surface area (Å²) >= 11 is 5.42. The molecule has 0 amide bonds. The Balaban J connectivity index is 2.05. The van der Waals surface area contributed by atoms with Gasteiger partial charge in [-0.1, -0.05) is 41.7 Å². The highest BCUT2D eigenvalue weighted by Crippen LogP contribution is 2.22. The highest BCUT2D eigenvalue weighted by Gasteiger charge is 2.09. The third-order valence-corrected chi connectivity index (χ3v) is 3.52. The lowest BCUT2D eigenvalue weighted by molar-refractivity contribution is 0.547. The number of aromatic nitrogens is 3. The molecule has 0 unspecified atom stereocenters. The van der Waals surface area contributed by atoms with Gasteiger partial charge < -0.3 is 4.42 Å². The Labute approximate surface area is 119 Å². The van der Waals surface area contributed by atoms with Crippen LogP contribution in [0.3, 0.4) is 0 Å². The zero-order valence-electron chi connectivity index (χ0n) is 10.4. The lowest BCUT2D eigenvalue weighted by Crippen LogP contribution is -1.96. The van der Waals surface area contributed by atoms with Crippen molar-refractivity contribution in [1.82, 2.24) is 15.0 Å². The molecule has 0 aliphatic heterocycles. The summed E-state index contributed by atoms with van der Waals surface area (Å²) in [6.07, 6.45) is 0. The number of hydrogen-bond acceptors (Lipinski definition) is 4. The van der Waals surface area contributed by atoms with Crippen molar-refractivity contribution in [2.24, 2.45) is 0 Å². The second-order valence-electron chi connectivity index (χ2n) is 4.44. The molecule has 0 aliphatic rings. The first kappa shape index (κ1) is 11.3. The predicted octanol–water partition coefficient (Wildman–Crippen LogP) is 3.90. The molecule has 0 atom stereocenters. The van der Waals surface area contributed by atoms with E-state index in [0.29, 0.717) is 5.88 Å². The van der Waals surface area contributed by atoms with Gasteiger partial charge in [-0.3, -0.25) is 0 Å². The first-order chi connectivity index (χ1) is 9.83. The van der Waals surface area contributed by atoms with Crippen LogP contribution in [-0.4, -0.2) is 15.0 Å². The van der Waals surface area contributed by atoms with Crippen LogP contribution in [-0.2, 0) is 0 Å². The van der Waals surface area contributed by atoms with Crippen molar-refractivity contribution in [1.29, 1.82) is 0 Å². The van der Waals surface area contributed by atoms with Gasteiger partial charge in [-0.2, -0.15) is 4.68 Å². The molecule has 0 spiro atoms. The van der Waals surface area contributed by atoms with E-state index in [1.165, 1.54) is 0 Å². The molecule has 2 aromatic carbocycles. The van der Waals surface area contributed by atoms with Crippen LogP contribution in [0, 0.1) is 4.51 Å². The fourth-order valence-electron chi connectivity index (χ4n) is 2.23. The number of hydrogen-bond donors (Lipinski definition) is 0. The van der Waals surface area contributed by atoms with E-state index in [-0.39, 0.29) is 0 Å². The Morgan fingerprint density at radius 2 is 1.80 bits per heavy atom. The molecule has 0 bridgehead atoms. The molecule has 5 heteroatoms. The molecule has 2 heterocycles. The Morgan fingerprint density at radius 1 is 1.00 bits per heavy atom. The van der Waals surface area contributed by atoms with Crippen molar-refractivity contribution in [2.45, 2.75) is 0 Å². The van der Waals surface area contributed by atoms with Crippen LogP contribution in [0.5, 0.6) is 0 Å². The van der Waals surface area contributed by atoms with Crippen molar-refractivity contribution in [3.8, 4) is 5.88 Å². The van der Waals surface area contributed by atoms with E-state index in [4.69, 9.17) is 16.6 Å². The average Bonchev–Trinajstić information content (AvgIpc) is 2.91. The van der Waals surface area contributed by atoms with Crippen molar-refractivity contribution in [2.75, 3.05) is 0 Å². The largest absolute Gasteiger partial charge is 0.438 e. The Morgan fingerprint density at radius 3 is 2.75 bits per heavy atom. The lowest BCUT2D eigenvalue weighted by atomic mass is 10.2. The Kier molecular flexibility index (Phi) is 2.40. The second kappa shape index (κ2) is 4.25. The highest BCUT2D eigenvalue weighted by molar-refractivity contribution is 7.71. The molecule has 96 valence electrons. The molecule has 4 rings (SSSR count). The Bertz CT molecular complexity index is 987. The van der Waals surface area contributed by atoms with E-state index < -0.39 is 0 Å². The van der Waals surface area contributed by atoms with Gasteiger partial charge in [-0.05, 0) is 24.3 Å². The third-order valence-electron chi connectivity index (χ3n) is 3.18. The van der Waals surface area contributed by atoms with E-state index in [1.807, 2.05) is 48.5 Å². The number of benzene rings is 2. The number of fused-ring (bicyclic) bond motifs is 2. The van der Waals surface area contributed by atoms with Gasteiger partial charge >= 0.3 is 0 Å². The van der Waals surface area contributed by atoms with E-state index in [9.17, 15) is 0 Å². The van der Waals surface area contributed by atoms with Crippen LogP contribution < -0.4 is 0 Å². The van der Waals surface area contributed by atoms with Gasteiger partial charge in [0, 0.05) is 11.5 Å². The van der Waals surface area contributed by atoms with Crippen molar-refractivity contribution >= 4 is 34.2 Å². The van der Waals surface area contributed by atoms with Gasteiger partial charge in [0.05, 0.1) is 10.0 Å². The minimum absolute atomic E-state index is 0.572. The minimum atomic E-state index is 0.572. The minimum Gasteiger partial charge on any atom is -0.438 e. The molecule has 0 saturated carbocycles. The van der Waals surface area contributed by atoms with Crippen molar-refractivity contribution in [3.63, 3.8) is 0 Å². The van der Waals surface area contributed by atoms with E-state index >= 15 is 0 Å². The third kappa shape index (κ3) is 1.64. The smallest absolute Gasteiger partial charge is 0.223 e. The predicted molar refractivity (Wildman–Crippen MR) is 79.5 cm³/mol. The van der Waals surface area contributed by atoms with Crippen LogP contribution in [0.4, 0.5) is 0 Å². The SMILES string of the molecule is S=c1cc(-n2nnc3ccccc32)oc2ccccc12. The van der Waals surface area contributed by atoms with Gasteiger partial charge in [0.2, 0.25) is 5.88 Å². The fraction of sp³-hybridized carbons (Fsp3) is 0. The number of para-hydroxylation sites is 2. The van der Waals surface area contributed by atoms with Crippen LogP contribution in [0.25, 0.3) is 27.9 Å². The molecule has 0 aliphatic carbocycles. The Hall–Kier alpha value is -2.53. The summed E-state index contributed by atoms with van der Waals surface area (Å²) in [6.45, 7) is 0. The van der Waals surface area contributed by atoms with E-state index in [2.05, 4.69) is 10.3 Å². The summed E-state index contributed by atoms with van der Waals surface area (Å²) in [6, 6.07) is 17.2. The first-order valence-corrected chi connectivity index (χ1v) is 6.57. The summed E-state index contributed by atoms with van der Waals surface area (Å²) in [4.78, 5) is 0. The van der Waals surface area contributed by atoms with Gasteiger partial charge in [-0.25, -0.2) is 0 Å². The zero-order valence-corrected chi connectivity index (χ0v) is 11.2. The number of rotatable bonds is 1. The molecule has 4 nitrogen and oxygen atoms in total. The molecule has 0 N–H and O–H groups in total. The fourth-order valence-corrected chi connectivity index (χ4v) is 2.50. The topological polar surface area (TPSA) is 43.9 Å². The molecule has 20 heavy (non-hydrogen) atoms.